The molecule has 0 atom stereocenters. The van der Waals surface area contributed by atoms with Gasteiger partial charge in [0.05, 0.1) is 10.6 Å². The predicted molar refractivity (Wildman–Crippen MR) is 118 cm³/mol. The Balaban J connectivity index is 1.77. The smallest absolute Gasteiger partial charge is 0.319 e. The lowest BCUT2D eigenvalue weighted by Gasteiger charge is -2.11. The number of nitrogens with zero attached hydrogens (tertiary/aromatic N) is 1. The fourth-order valence-corrected chi connectivity index (χ4v) is 2.65. The van der Waals surface area contributed by atoms with E-state index in [0.29, 0.717) is 29.5 Å². The predicted octanol–water partition coefficient (Wildman–Crippen LogP) is 3.58. The van der Waals surface area contributed by atoms with Gasteiger partial charge in [-0.2, -0.15) is 0 Å². The number of benzene rings is 1. The molecule has 8 nitrogen and oxygen atoms in total. The van der Waals surface area contributed by atoms with Gasteiger partial charge in [-0.15, -0.1) is 0 Å². The second-order valence-electron chi connectivity index (χ2n) is 7.20. The molecule has 0 aliphatic rings. The average Bonchev–Trinajstić information content (AvgIpc) is 2.68. The molecule has 0 saturated carbocycles. The Morgan fingerprint density at radius 1 is 1.07 bits per heavy atom. The van der Waals surface area contributed by atoms with Gasteiger partial charge in [0, 0.05) is 31.4 Å². The van der Waals surface area contributed by atoms with E-state index in [-0.39, 0.29) is 29.8 Å². The molecular weight excluding hydrogens is 406 g/mol. The first kappa shape index (κ1) is 23.2. The topological polar surface area (TPSA) is 112 Å². The summed E-state index contributed by atoms with van der Waals surface area (Å²) in [4.78, 5) is 40.1. The number of nitrogens with one attached hydrogen (secondary N) is 4. The Kier molecular flexibility index (Phi) is 8.61. The maximum atomic E-state index is 12.1. The number of urea groups is 1. The van der Waals surface area contributed by atoms with Gasteiger partial charge in [-0.25, -0.2) is 9.78 Å². The van der Waals surface area contributed by atoms with E-state index in [4.69, 9.17) is 11.6 Å². The number of rotatable bonds is 8. The fourth-order valence-electron chi connectivity index (χ4n) is 2.38. The van der Waals surface area contributed by atoms with E-state index in [1.54, 1.807) is 24.4 Å². The van der Waals surface area contributed by atoms with E-state index < -0.39 is 6.03 Å². The van der Waals surface area contributed by atoms with E-state index in [1.807, 2.05) is 26.8 Å². The van der Waals surface area contributed by atoms with Gasteiger partial charge in [0.15, 0.2) is 0 Å². The minimum atomic E-state index is -0.482. The number of amides is 4. The molecule has 0 fully saturated rings. The quantitative estimate of drug-likeness (QED) is 0.511. The molecular formula is C21H26ClN5O3. The van der Waals surface area contributed by atoms with Crippen molar-refractivity contribution in [2.45, 2.75) is 27.2 Å². The lowest BCUT2D eigenvalue weighted by molar-refractivity contribution is -0.116. The van der Waals surface area contributed by atoms with Crippen LogP contribution in [0, 0.1) is 12.8 Å². The number of hydrogen-bond acceptors (Lipinski definition) is 4. The number of aryl methyl sites for hydroxylation is 1. The summed E-state index contributed by atoms with van der Waals surface area (Å²) in [7, 11) is 0. The highest BCUT2D eigenvalue weighted by atomic mass is 35.5. The van der Waals surface area contributed by atoms with Gasteiger partial charge in [-0.3, -0.25) is 9.59 Å². The van der Waals surface area contributed by atoms with Crippen LogP contribution in [0.4, 0.5) is 16.3 Å². The molecule has 160 valence electrons. The molecule has 9 heteroatoms. The van der Waals surface area contributed by atoms with Gasteiger partial charge >= 0.3 is 6.03 Å². The van der Waals surface area contributed by atoms with Crippen molar-refractivity contribution < 1.29 is 14.4 Å². The van der Waals surface area contributed by atoms with Gasteiger partial charge in [0.25, 0.3) is 5.91 Å². The SMILES string of the molecule is Cc1ccc(NC(=O)CCNC(=O)Nc2ccc(C(=O)NCC(C)C)c(Cl)c2)nc1. The van der Waals surface area contributed by atoms with Crippen LogP contribution in [0.15, 0.2) is 36.5 Å². The van der Waals surface area contributed by atoms with Gasteiger partial charge in [-0.1, -0.05) is 31.5 Å². The largest absolute Gasteiger partial charge is 0.352 e. The fraction of sp³-hybridized carbons (Fsp3) is 0.333. The summed E-state index contributed by atoms with van der Waals surface area (Å²) in [6, 6.07) is 7.72. The third kappa shape index (κ3) is 7.71. The third-order valence-corrected chi connectivity index (χ3v) is 4.27. The van der Waals surface area contributed by atoms with E-state index in [2.05, 4.69) is 26.3 Å². The third-order valence-electron chi connectivity index (χ3n) is 3.96. The van der Waals surface area contributed by atoms with Crippen molar-refractivity contribution in [3.63, 3.8) is 0 Å². The molecule has 4 amide bonds. The lowest BCUT2D eigenvalue weighted by atomic mass is 10.1. The molecule has 0 aliphatic heterocycles. The van der Waals surface area contributed by atoms with Gasteiger partial charge in [-0.05, 0) is 42.7 Å². The maximum absolute atomic E-state index is 12.1. The molecule has 0 aliphatic carbocycles. The van der Waals surface area contributed by atoms with Crippen molar-refractivity contribution in [2.24, 2.45) is 5.92 Å². The molecule has 30 heavy (non-hydrogen) atoms. The van der Waals surface area contributed by atoms with Gasteiger partial charge < -0.3 is 21.3 Å². The summed E-state index contributed by atoms with van der Waals surface area (Å²) in [6.07, 6.45) is 1.75. The number of pyridine rings is 1. The summed E-state index contributed by atoms with van der Waals surface area (Å²) in [6.45, 7) is 6.59. The molecule has 0 saturated heterocycles. The summed E-state index contributed by atoms with van der Waals surface area (Å²) >= 11 is 6.16. The Hall–Kier alpha value is -3.13. The van der Waals surface area contributed by atoms with Crippen LogP contribution in [-0.4, -0.2) is 35.9 Å². The second kappa shape index (κ2) is 11.2. The monoisotopic (exact) mass is 431 g/mol. The first-order valence-electron chi connectivity index (χ1n) is 9.59. The van der Waals surface area contributed by atoms with Gasteiger partial charge in [0.2, 0.25) is 5.91 Å². The van der Waals surface area contributed by atoms with Crippen LogP contribution in [0.5, 0.6) is 0 Å². The molecule has 1 heterocycles. The summed E-state index contributed by atoms with van der Waals surface area (Å²) < 4.78 is 0. The molecule has 0 bridgehead atoms. The first-order chi connectivity index (χ1) is 14.2. The van der Waals surface area contributed by atoms with Crippen LogP contribution < -0.4 is 21.3 Å². The lowest BCUT2D eigenvalue weighted by Crippen LogP contribution is -2.31. The van der Waals surface area contributed by atoms with Crippen LogP contribution in [0.25, 0.3) is 0 Å². The second-order valence-corrected chi connectivity index (χ2v) is 7.61. The average molecular weight is 432 g/mol. The van der Waals surface area contributed by atoms with Crippen molar-refractivity contribution in [1.29, 1.82) is 0 Å². The highest BCUT2D eigenvalue weighted by Crippen LogP contribution is 2.21. The number of aromatic nitrogens is 1. The minimum Gasteiger partial charge on any atom is -0.352 e. The molecule has 2 rings (SSSR count). The molecule has 4 N–H and O–H groups in total. The number of anilines is 2. The van der Waals surface area contributed by atoms with E-state index >= 15 is 0 Å². The van der Waals surface area contributed by atoms with E-state index in [1.165, 1.54) is 6.07 Å². The van der Waals surface area contributed by atoms with Crippen LogP contribution in [0.3, 0.4) is 0 Å². The molecule has 0 spiro atoms. The molecule has 0 radical (unpaired) electrons. The zero-order valence-electron chi connectivity index (χ0n) is 17.2. The summed E-state index contributed by atoms with van der Waals surface area (Å²) in [5.74, 6) is 0.264. The molecule has 0 unspecified atom stereocenters. The van der Waals surface area contributed by atoms with Crippen LogP contribution in [-0.2, 0) is 4.79 Å². The number of carbonyl (C=O) groups excluding carboxylic acids is 3. The Morgan fingerprint density at radius 2 is 1.83 bits per heavy atom. The Labute approximate surface area is 180 Å². The first-order valence-corrected chi connectivity index (χ1v) is 9.97. The zero-order valence-corrected chi connectivity index (χ0v) is 18.0. The number of hydrogen-bond donors (Lipinski definition) is 4. The Bertz CT molecular complexity index is 900. The van der Waals surface area contributed by atoms with Crippen LogP contribution >= 0.6 is 11.6 Å². The molecule has 2 aromatic rings. The highest BCUT2D eigenvalue weighted by molar-refractivity contribution is 6.34. The summed E-state index contributed by atoms with van der Waals surface area (Å²) in [5, 5.41) is 10.9. The summed E-state index contributed by atoms with van der Waals surface area (Å²) in [5.41, 5.74) is 1.77. The minimum absolute atomic E-state index is 0.0959. The zero-order chi connectivity index (χ0) is 22.1. The van der Waals surface area contributed by atoms with Gasteiger partial charge in [0.1, 0.15) is 5.82 Å². The van der Waals surface area contributed by atoms with Crippen molar-refractivity contribution in [2.75, 3.05) is 23.7 Å². The van der Waals surface area contributed by atoms with Crippen molar-refractivity contribution in [3.8, 4) is 0 Å². The molecule has 1 aromatic carbocycles. The maximum Gasteiger partial charge on any atom is 0.319 e. The Morgan fingerprint density at radius 3 is 2.47 bits per heavy atom. The van der Waals surface area contributed by atoms with Crippen LogP contribution in [0.1, 0.15) is 36.2 Å². The highest BCUT2D eigenvalue weighted by Gasteiger charge is 2.12. The molecule has 1 aromatic heterocycles. The van der Waals surface area contributed by atoms with Crippen molar-refractivity contribution in [3.05, 3.63) is 52.7 Å². The standard InChI is InChI=1S/C21H26ClN5O3/c1-13(2)11-25-20(29)16-6-5-15(10-17(16)22)26-21(30)23-9-8-19(28)27-18-7-4-14(3)12-24-18/h4-7,10,12-13H,8-9,11H2,1-3H3,(H,25,29)(H2,23,26,30)(H,24,27,28). The van der Waals surface area contributed by atoms with Crippen LogP contribution in [0.2, 0.25) is 5.02 Å². The van der Waals surface area contributed by atoms with E-state index in [9.17, 15) is 14.4 Å². The number of halogens is 1. The normalized spacial score (nSPS) is 10.4. The van der Waals surface area contributed by atoms with E-state index in [0.717, 1.165) is 5.56 Å². The van der Waals surface area contributed by atoms with Crippen molar-refractivity contribution >= 4 is 41.0 Å². The van der Waals surface area contributed by atoms with Crippen molar-refractivity contribution in [1.82, 2.24) is 15.6 Å². The number of carbonyl (C=O) groups is 3.